The molecular weight excluding hydrogens is 558 g/mol. The highest BCUT2D eigenvalue weighted by atomic mass is 35.5. The van der Waals surface area contributed by atoms with E-state index in [1.165, 1.54) is 18.8 Å². The van der Waals surface area contributed by atoms with E-state index in [4.69, 9.17) is 21.1 Å². The van der Waals surface area contributed by atoms with Gasteiger partial charge in [-0.15, -0.1) is 0 Å². The van der Waals surface area contributed by atoms with Crippen LogP contribution in [0, 0.1) is 0 Å². The van der Waals surface area contributed by atoms with Crippen LogP contribution in [-0.2, 0) is 16.3 Å². The number of benzene rings is 2. The lowest BCUT2D eigenvalue weighted by atomic mass is 10.1. The molecule has 10 nitrogen and oxygen atoms in total. The van der Waals surface area contributed by atoms with Gasteiger partial charge in [-0.3, -0.25) is 14.2 Å². The number of amides is 1. The molecule has 1 aliphatic rings. The maximum atomic E-state index is 14.0. The number of carbonyl (C=O) groups is 1. The van der Waals surface area contributed by atoms with Gasteiger partial charge in [0.05, 0.1) is 19.5 Å². The summed E-state index contributed by atoms with van der Waals surface area (Å²) >= 11 is 5.92. The number of piperidine rings is 1. The van der Waals surface area contributed by atoms with Crippen LogP contribution in [0.5, 0.6) is 17.4 Å². The average molecular weight is 590 g/mol. The molecule has 214 valence electrons. The summed E-state index contributed by atoms with van der Waals surface area (Å²) in [4.78, 5) is 31.9. The lowest BCUT2D eigenvalue weighted by Crippen LogP contribution is -2.43. The molecule has 2 aromatic carbocycles. The van der Waals surface area contributed by atoms with E-state index < -0.39 is 31.4 Å². The van der Waals surface area contributed by atoms with Gasteiger partial charge in [0.1, 0.15) is 23.0 Å². The van der Waals surface area contributed by atoms with Crippen LogP contribution >= 0.6 is 11.6 Å². The molecule has 1 N–H and O–H groups in total. The third kappa shape index (κ3) is 5.66. The third-order valence-corrected chi connectivity index (χ3v) is 9.54. The number of aromatic hydroxyl groups is 1. The number of sulfone groups is 1. The predicted molar refractivity (Wildman–Crippen MR) is 151 cm³/mol. The monoisotopic (exact) mass is 589 g/mol. The standard InChI is InChI=1S/C28H32ClN3O7S/c1-4-5-9-23-30-26(33)25(28(35)32(23)24-21(38-2)7-6-8-22(24)39-3)40(36,37)20-14-16-31(17-15-20)27(34)18-10-12-19(29)13-11-18/h6-8,10-13,20,33H,4-5,9,14-17H2,1-3H3. The Kier molecular flexibility index (Phi) is 9.05. The topological polar surface area (TPSA) is 128 Å². The zero-order chi connectivity index (χ0) is 29.0. The molecule has 0 radical (unpaired) electrons. The lowest BCUT2D eigenvalue weighted by Gasteiger charge is -2.32. The average Bonchev–Trinajstić information content (AvgIpc) is 2.95. The Bertz CT molecular complexity index is 1530. The summed E-state index contributed by atoms with van der Waals surface area (Å²) in [5, 5.41) is 10.3. The molecule has 0 atom stereocenters. The van der Waals surface area contributed by atoms with Gasteiger partial charge in [-0.2, -0.15) is 4.98 Å². The lowest BCUT2D eigenvalue weighted by molar-refractivity contribution is 0.0725. The predicted octanol–water partition coefficient (Wildman–Crippen LogP) is 4.03. The van der Waals surface area contributed by atoms with Crippen molar-refractivity contribution in [1.29, 1.82) is 0 Å². The van der Waals surface area contributed by atoms with Gasteiger partial charge in [-0.05, 0) is 55.7 Å². The highest BCUT2D eigenvalue weighted by molar-refractivity contribution is 7.92. The van der Waals surface area contributed by atoms with Gasteiger partial charge in [0, 0.05) is 30.1 Å². The summed E-state index contributed by atoms with van der Waals surface area (Å²) in [6.07, 6.45) is 1.93. The van der Waals surface area contributed by atoms with Crippen LogP contribution in [0.4, 0.5) is 0 Å². The molecule has 1 saturated heterocycles. The summed E-state index contributed by atoms with van der Waals surface area (Å²) in [6, 6.07) is 11.4. The molecule has 0 saturated carbocycles. The van der Waals surface area contributed by atoms with Crippen LogP contribution in [0.1, 0.15) is 48.8 Å². The first-order chi connectivity index (χ1) is 19.1. The highest BCUT2D eigenvalue weighted by Crippen LogP contribution is 2.34. The minimum Gasteiger partial charge on any atom is -0.494 e. The van der Waals surface area contributed by atoms with E-state index in [9.17, 15) is 23.1 Å². The van der Waals surface area contributed by atoms with Gasteiger partial charge in [-0.1, -0.05) is 31.0 Å². The summed E-state index contributed by atoms with van der Waals surface area (Å²) < 4.78 is 39.8. The summed E-state index contributed by atoms with van der Waals surface area (Å²) in [5.74, 6) is -0.314. The molecule has 1 aliphatic heterocycles. The molecule has 4 rings (SSSR count). The van der Waals surface area contributed by atoms with Crippen molar-refractivity contribution in [2.24, 2.45) is 0 Å². The molecule has 0 aliphatic carbocycles. The number of hydrogen-bond donors (Lipinski definition) is 1. The fourth-order valence-corrected chi connectivity index (χ4v) is 6.81. The largest absolute Gasteiger partial charge is 0.494 e. The number of ether oxygens (including phenoxy) is 2. The Balaban J connectivity index is 1.73. The van der Waals surface area contributed by atoms with Crippen LogP contribution < -0.4 is 15.0 Å². The number of hydrogen-bond acceptors (Lipinski definition) is 8. The Morgan fingerprint density at radius 3 is 2.23 bits per heavy atom. The Hall–Kier alpha value is -3.57. The molecule has 0 unspecified atom stereocenters. The van der Waals surface area contributed by atoms with E-state index in [-0.39, 0.29) is 54.8 Å². The fraction of sp³-hybridized carbons (Fsp3) is 0.393. The number of unbranched alkanes of at least 4 members (excludes halogenated alkanes) is 1. The maximum Gasteiger partial charge on any atom is 0.281 e. The van der Waals surface area contributed by atoms with Gasteiger partial charge in [-0.25, -0.2) is 8.42 Å². The fourth-order valence-electron chi connectivity index (χ4n) is 4.88. The van der Waals surface area contributed by atoms with Crippen LogP contribution in [0.25, 0.3) is 5.69 Å². The maximum absolute atomic E-state index is 14.0. The molecular formula is C28H32ClN3O7S. The third-order valence-electron chi connectivity index (χ3n) is 7.02. The normalized spacial score (nSPS) is 14.2. The van der Waals surface area contributed by atoms with E-state index in [0.29, 0.717) is 23.4 Å². The second-order valence-electron chi connectivity index (χ2n) is 9.48. The van der Waals surface area contributed by atoms with E-state index in [1.54, 1.807) is 47.4 Å². The van der Waals surface area contributed by atoms with Crippen LogP contribution in [0.3, 0.4) is 0 Å². The van der Waals surface area contributed by atoms with Crippen LogP contribution in [0.2, 0.25) is 5.02 Å². The van der Waals surface area contributed by atoms with Crippen molar-refractivity contribution >= 4 is 27.3 Å². The molecule has 40 heavy (non-hydrogen) atoms. The Morgan fingerprint density at radius 1 is 1.07 bits per heavy atom. The second-order valence-corrected chi connectivity index (χ2v) is 12.1. The quantitative estimate of drug-likeness (QED) is 0.396. The molecule has 2 heterocycles. The van der Waals surface area contributed by atoms with Gasteiger partial charge in [0.25, 0.3) is 11.5 Å². The van der Waals surface area contributed by atoms with Crippen LogP contribution in [0.15, 0.2) is 52.2 Å². The number of nitrogens with zero attached hydrogens (tertiary/aromatic N) is 3. The van der Waals surface area contributed by atoms with Crippen molar-refractivity contribution in [3.8, 4) is 23.1 Å². The first-order valence-corrected chi connectivity index (χ1v) is 14.9. The van der Waals surface area contributed by atoms with Crippen molar-refractivity contribution in [2.45, 2.75) is 49.2 Å². The van der Waals surface area contributed by atoms with Crippen molar-refractivity contribution < 1.29 is 27.8 Å². The van der Waals surface area contributed by atoms with E-state index in [0.717, 1.165) is 6.42 Å². The van der Waals surface area contributed by atoms with Gasteiger partial charge in [0.15, 0.2) is 14.7 Å². The molecule has 1 fully saturated rings. The zero-order valence-electron chi connectivity index (χ0n) is 22.6. The molecule has 0 bridgehead atoms. The van der Waals surface area contributed by atoms with Gasteiger partial charge < -0.3 is 19.5 Å². The molecule has 1 amide bonds. The number of halogens is 1. The summed E-state index contributed by atoms with van der Waals surface area (Å²) in [6.45, 7) is 2.31. The highest BCUT2D eigenvalue weighted by Gasteiger charge is 2.38. The number of carbonyl (C=O) groups excluding carboxylic acids is 1. The number of methoxy groups -OCH3 is 2. The smallest absolute Gasteiger partial charge is 0.281 e. The summed E-state index contributed by atoms with van der Waals surface area (Å²) in [7, 11) is -1.47. The number of para-hydroxylation sites is 1. The van der Waals surface area contributed by atoms with E-state index in [1.807, 2.05) is 6.92 Å². The molecule has 12 heteroatoms. The van der Waals surface area contributed by atoms with E-state index in [2.05, 4.69) is 4.98 Å². The van der Waals surface area contributed by atoms with Crippen molar-refractivity contribution in [3.05, 3.63) is 69.2 Å². The van der Waals surface area contributed by atoms with E-state index >= 15 is 0 Å². The number of aryl methyl sites for hydroxylation is 1. The zero-order valence-corrected chi connectivity index (χ0v) is 24.2. The molecule has 1 aromatic heterocycles. The number of aromatic nitrogens is 2. The Labute approximate surface area is 238 Å². The van der Waals surface area contributed by atoms with Crippen molar-refractivity contribution in [1.82, 2.24) is 14.5 Å². The SMILES string of the molecule is CCCCc1nc(O)c(S(=O)(=O)C2CCN(C(=O)c3ccc(Cl)cc3)CC2)c(=O)n1-c1c(OC)cccc1OC. The minimum atomic E-state index is -4.33. The second kappa shape index (κ2) is 12.3. The number of rotatable bonds is 9. The first-order valence-electron chi connectivity index (χ1n) is 13.0. The molecule has 0 spiro atoms. The Morgan fingerprint density at radius 2 is 1.68 bits per heavy atom. The minimum absolute atomic E-state index is 0.0934. The van der Waals surface area contributed by atoms with Crippen molar-refractivity contribution in [2.75, 3.05) is 27.3 Å². The van der Waals surface area contributed by atoms with Gasteiger partial charge >= 0.3 is 0 Å². The van der Waals surface area contributed by atoms with Crippen molar-refractivity contribution in [3.63, 3.8) is 0 Å². The molecule has 3 aromatic rings. The first kappa shape index (κ1) is 29.4. The van der Waals surface area contributed by atoms with Crippen LogP contribution in [-0.4, -0.2) is 66.4 Å². The number of likely N-dealkylation sites (tertiary alicyclic amines) is 1. The van der Waals surface area contributed by atoms with Gasteiger partial charge in [0.2, 0.25) is 5.88 Å². The summed E-state index contributed by atoms with van der Waals surface area (Å²) in [5.41, 5.74) is -0.277.